The van der Waals surface area contributed by atoms with E-state index in [1.54, 1.807) is 12.1 Å². The lowest BCUT2D eigenvalue weighted by Crippen LogP contribution is -2.13. The molecule has 0 saturated heterocycles. The van der Waals surface area contributed by atoms with Crippen molar-refractivity contribution in [1.82, 2.24) is 10.2 Å². The van der Waals surface area contributed by atoms with E-state index < -0.39 is 0 Å². The molecule has 5 heteroatoms. The summed E-state index contributed by atoms with van der Waals surface area (Å²) in [4.78, 5) is 11.6. The highest BCUT2D eigenvalue weighted by atomic mass is 35.5. The topological polar surface area (TPSA) is 57.8 Å². The largest absolute Gasteiger partial charge is 0.357 e. The second-order valence-electron chi connectivity index (χ2n) is 3.74. The predicted octanol–water partition coefficient (Wildman–Crippen LogP) is 2.36. The minimum Gasteiger partial charge on any atom is -0.357 e. The predicted molar refractivity (Wildman–Crippen MR) is 64.6 cm³/mol. The Bertz CT molecular complexity index is 687. The van der Waals surface area contributed by atoms with Crippen LogP contribution in [-0.4, -0.2) is 10.2 Å². The first-order chi connectivity index (χ1) is 7.66. The van der Waals surface area contributed by atoms with Gasteiger partial charge in [0.05, 0.1) is 21.8 Å². The summed E-state index contributed by atoms with van der Waals surface area (Å²) in [5.74, 6) is 0. The summed E-state index contributed by atoms with van der Waals surface area (Å²) in [6, 6.07) is 3.42. The van der Waals surface area contributed by atoms with Crippen LogP contribution >= 0.6 is 11.6 Å². The van der Waals surface area contributed by atoms with Crippen LogP contribution in [0.3, 0.4) is 0 Å². The maximum atomic E-state index is 11.6. The van der Waals surface area contributed by atoms with Crippen molar-refractivity contribution in [1.29, 1.82) is 0 Å². The normalized spacial score (nSPS) is 13.5. The van der Waals surface area contributed by atoms with Crippen LogP contribution in [-0.2, 0) is 0 Å². The van der Waals surface area contributed by atoms with Gasteiger partial charge in [-0.15, -0.1) is 0 Å². The van der Waals surface area contributed by atoms with E-state index in [1.807, 2.05) is 13.0 Å². The van der Waals surface area contributed by atoms with Gasteiger partial charge >= 0.3 is 0 Å². The van der Waals surface area contributed by atoms with Gasteiger partial charge < -0.3 is 5.32 Å². The Morgan fingerprint density at radius 1 is 1.38 bits per heavy atom. The SMILES string of the molecule is CC1=Cc2n[nH]c(=O)c3ccc(Cl)c(c23)N1. The van der Waals surface area contributed by atoms with Gasteiger partial charge in [0.15, 0.2) is 0 Å². The van der Waals surface area contributed by atoms with E-state index in [9.17, 15) is 4.79 Å². The molecule has 1 aromatic carbocycles. The summed E-state index contributed by atoms with van der Waals surface area (Å²) in [7, 11) is 0. The molecule has 2 aromatic rings. The van der Waals surface area contributed by atoms with E-state index in [4.69, 9.17) is 11.6 Å². The van der Waals surface area contributed by atoms with Gasteiger partial charge in [0.25, 0.3) is 5.56 Å². The molecule has 0 atom stereocenters. The molecule has 0 saturated carbocycles. The van der Waals surface area contributed by atoms with Crippen LogP contribution < -0.4 is 10.9 Å². The molecule has 2 N–H and O–H groups in total. The Morgan fingerprint density at radius 3 is 3.00 bits per heavy atom. The number of anilines is 1. The third kappa shape index (κ3) is 1.17. The van der Waals surface area contributed by atoms with Crippen molar-refractivity contribution in [2.24, 2.45) is 0 Å². The number of allylic oxidation sites excluding steroid dienone is 1. The zero-order valence-electron chi connectivity index (χ0n) is 8.47. The van der Waals surface area contributed by atoms with Crippen LogP contribution in [0, 0.1) is 0 Å². The fraction of sp³-hybridized carbons (Fsp3) is 0.0909. The lowest BCUT2D eigenvalue weighted by Gasteiger charge is -2.17. The Balaban J connectivity index is 2.58. The van der Waals surface area contributed by atoms with Crippen LogP contribution in [0.25, 0.3) is 16.8 Å². The van der Waals surface area contributed by atoms with E-state index >= 15 is 0 Å². The van der Waals surface area contributed by atoms with E-state index in [0.29, 0.717) is 10.4 Å². The van der Waals surface area contributed by atoms with Gasteiger partial charge in [0.1, 0.15) is 0 Å². The van der Waals surface area contributed by atoms with Crippen molar-refractivity contribution < 1.29 is 0 Å². The molecule has 2 heterocycles. The zero-order valence-corrected chi connectivity index (χ0v) is 9.22. The Hall–Kier alpha value is -1.81. The summed E-state index contributed by atoms with van der Waals surface area (Å²) < 4.78 is 0. The average Bonchev–Trinajstić information content (AvgIpc) is 2.26. The molecule has 0 bridgehead atoms. The molecule has 0 spiro atoms. The van der Waals surface area contributed by atoms with E-state index in [-0.39, 0.29) is 5.56 Å². The second-order valence-corrected chi connectivity index (χ2v) is 4.14. The van der Waals surface area contributed by atoms with Crippen molar-refractivity contribution in [3.05, 3.63) is 38.9 Å². The van der Waals surface area contributed by atoms with Crippen LogP contribution in [0.4, 0.5) is 5.69 Å². The first kappa shape index (κ1) is 9.42. The average molecular weight is 234 g/mol. The highest BCUT2D eigenvalue weighted by Gasteiger charge is 2.16. The Labute approximate surface area is 95.9 Å². The minimum absolute atomic E-state index is 0.202. The first-order valence-electron chi connectivity index (χ1n) is 4.83. The third-order valence-electron chi connectivity index (χ3n) is 2.61. The number of halogens is 1. The molecular formula is C11H8ClN3O. The molecule has 4 nitrogen and oxygen atoms in total. The van der Waals surface area contributed by atoms with Crippen LogP contribution in [0.2, 0.25) is 5.02 Å². The zero-order chi connectivity index (χ0) is 11.3. The second kappa shape index (κ2) is 3.09. The number of hydrogen-bond donors (Lipinski definition) is 2. The summed E-state index contributed by atoms with van der Waals surface area (Å²) in [6.45, 7) is 1.92. The summed E-state index contributed by atoms with van der Waals surface area (Å²) in [5.41, 5.74) is 2.24. The number of benzene rings is 1. The van der Waals surface area contributed by atoms with Gasteiger partial charge in [-0.2, -0.15) is 5.10 Å². The van der Waals surface area contributed by atoms with Crippen LogP contribution in [0.15, 0.2) is 22.6 Å². The molecule has 1 aliphatic rings. The van der Waals surface area contributed by atoms with Crippen LogP contribution in [0.1, 0.15) is 12.6 Å². The molecule has 0 amide bonds. The van der Waals surface area contributed by atoms with Crippen molar-refractivity contribution >= 4 is 34.1 Å². The van der Waals surface area contributed by atoms with Crippen molar-refractivity contribution in [2.75, 3.05) is 5.32 Å². The van der Waals surface area contributed by atoms with Crippen LogP contribution in [0.5, 0.6) is 0 Å². The number of rotatable bonds is 0. The van der Waals surface area contributed by atoms with Gasteiger partial charge in [0.2, 0.25) is 0 Å². The highest BCUT2D eigenvalue weighted by Crippen LogP contribution is 2.35. The standard InChI is InChI=1S/C11H8ClN3O/c1-5-4-8-9-6(11(16)15-14-8)2-3-7(12)10(9)13-5/h2-4,13H,1H3,(H,15,16). The molecular weight excluding hydrogens is 226 g/mol. The fourth-order valence-electron chi connectivity index (χ4n) is 1.92. The van der Waals surface area contributed by atoms with Gasteiger partial charge in [-0.1, -0.05) is 11.6 Å². The summed E-state index contributed by atoms with van der Waals surface area (Å²) in [6.07, 6.45) is 1.88. The van der Waals surface area contributed by atoms with Crippen molar-refractivity contribution in [3.63, 3.8) is 0 Å². The smallest absolute Gasteiger partial charge is 0.272 e. The molecule has 1 aliphatic heterocycles. The quantitative estimate of drug-likeness (QED) is 0.735. The summed E-state index contributed by atoms with van der Waals surface area (Å²) in [5, 5.41) is 11.6. The fourth-order valence-corrected chi connectivity index (χ4v) is 2.13. The van der Waals surface area contributed by atoms with Gasteiger partial charge in [0, 0.05) is 11.1 Å². The maximum Gasteiger partial charge on any atom is 0.272 e. The third-order valence-corrected chi connectivity index (χ3v) is 2.92. The van der Waals surface area contributed by atoms with E-state index in [1.165, 1.54) is 0 Å². The molecule has 3 rings (SSSR count). The molecule has 0 unspecified atom stereocenters. The molecule has 0 fully saturated rings. The number of aromatic nitrogens is 2. The first-order valence-corrected chi connectivity index (χ1v) is 5.21. The number of aromatic amines is 1. The monoisotopic (exact) mass is 233 g/mol. The maximum absolute atomic E-state index is 11.6. The number of nitrogens with one attached hydrogen (secondary N) is 2. The molecule has 80 valence electrons. The summed E-state index contributed by atoms with van der Waals surface area (Å²) >= 11 is 6.10. The molecule has 0 aliphatic carbocycles. The lowest BCUT2D eigenvalue weighted by atomic mass is 10.1. The molecule has 1 aromatic heterocycles. The number of nitrogens with zero attached hydrogens (tertiary/aromatic N) is 1. The van der Waals surface area contributed by atoms with Gasteiger partial charge in [-0.3, -0.25) is 4.79 Å². The molecule has 16 heavy (non-hydrogen) atoms. The Kier molecular flexibility index (Phi) is 1.82. The van der Waals surface area contributed by atoms with Gasteiger partial charge in [-0.25, -0.2) is 5.10 Å². The van der Waals surface area contributed by atoms with Crippen molar-refractivity contribution in [3.8, 4) is 0 Å². The highest BCUT2D eigenvalue weighted by molar-refractivity contribution is 6.35. The minimum atomic E-state index is -0.202. The Morgan fingerprint density at radius 2 is 2.19 bits per heavy atom. The van der Waals surface area contributed by atoms with E-state index in [0.717, 1.165) is 22.5 Å². The van der Waals surface area contributed by atoms with E-state index in [2.05, 4.69) is 15.5 Å². The number of hydrogen-bond acceptors (Lipinski definition) is 3. The van der Waals surface area contributed by atoms with Gasteiger partial charge in [-0.05, 0) is 25.1 Å². The van der Waals surface area contributed by atoms with Crippen molar-refractivity contribution in [2.45, 2.75) is 6.92 Å². The lowest BCUT2D eigenvalue weighted by molar-refractivity contribution is 0.996. The number of H-pyrrole nitrogens is 1. The molecule has 0 radical (unpaired) electrons.